The number of hydrogen-bond donors (Lipinski definition) is 1. The van der Waals surface area contributed by atoms with E-state index in [1.165, 1.54) is 0 Å². The summed E-state index contributed by atoms with van der Waals surface area (Å²) in [4.78, 5) is 4.27. The normalized spacial score (nSPS) is 11.1. The Morgan fingerprint density at radius 3 is 3.09 bits per heavy atom. The summed E-state index contributed by atoms with van der Waals surface area (Å²) in [7, 11) is 0. The Morgan fingerprint density at radius 2 is 2.55 bits per heavy atom. The molecule has 2 N–H and O–H groups in total. The van der Waals surface area contributed by atoms with Gasteiger partial charge in [-0.05, 0) is 26.0 Å². The summed E-state index contributed by atoms with van der Waals surface area (Å²) in [6, 6.07) is 0. The van der Waals surface area contributed by atoms with Gasteiger partial charge >= 0.3 is 0 Å². The SMILES string of the molecule is Cc1nc(C=CCCN)cs1. The van der Waals surface area contributed by atoms with Crippen molar-refractivity contribution in [2.45, 2.75) is 13.3 Å². The van der Waals surface area contributed by atoms with Crippen LogP contribution in [0.4, 0.5) is 0 Å². The average Bonchev–Trinajstić information content (AvgIpc) is 2.37. The van der Waals surface area contributed by atoms with Crippen LogP contribution in [0.15, 0.2) is 11.5 Å². The van der Waals surface area contributed by atoms with Crippen LogP contribution in [-0.4, -0.2) is 11.5 Å². The standard InChI is InChI=1S/C8H12N2S/c1-7-10-8(6-11-7)4-2-3-5-9/h2,4,6H,3,5,9H2,1H3. The Bertz CT molecular complexity index is 240. The van der Waals surface area contributed by atoms with Gasteiger partial charge in [0.05, 0.1) is 10.7 Å². The summed E-state index contributed by atoms with van der Waals surface area (Å²) in [5.74, 6) is 0. The van der Waals surface area contributed by atoms with Crippen molar-refractivity contribution >= 4 is 17.4 Å². The molecule has 0 aliphatic carbocycles. The highest BCUT2D eigenvalue weighted by atomic mass is 32.1. The molecule has 0 unspecified atom stereocenters. The number of nitrogens with zero attached hydrogens (tertiary/aromatic N) is 1. The Morgan fingerprint density at radius 1 is 1.73 bits per heavy atom. The lowest BCUT2D eigenvalue weighted by atomic mass is 10.3. The van der Waals surface area contributed by atoms with Crippen molar-refractivity contribution in [1.82, 2.24) is 4.98 Å². The van der Waals surface area contributed by atoms with Crippen molar-refractivity contribution in [2.24, 2.45) is 5.73 Å². The molecule has 0 fully saturated rings. The second-order valence-electron chi connectivity index (χ2n) is 2.27. The van der Waals surface area contributed by atoms with Gasteiger partial charge in [-0.3, -0.25) is 0 Å². The molecular weight excluding hydrogens is 156 g/mol. The molecule has 0 bridgehead atoms. The molecule has 11 heavy (non-hydrogen) atoms. The van der Waals surface area contributed by atoms with Gasteiger partial charge in [0.25, 0.3) is 0 Å². The summed E-state index contributed by atoms with van der Waals surface area (Å²) >= 11 is 1.67. The summed E-state index contributed by atoms with van der Waals surface area (Å²) in [6.07, 6.45) is 4.99. The first kappa shape index (κ1) is 8.43. The minimum atomic E-state index is 0.708. The molecule has 0 aliphatic heterocycles. The van der Waals surface area contributed by atoms with Crippen molar-refractivity contribution in [3.63, 3.8) is 0 Å². The lowest BCUT2D eigenvalue weighted by Crippen LogP contribution is -1.94. The Labute approximate surface area is 70.8 Å². The van der Waals surface area contributed by atoms with E-state index in [4.69, 9.17) is 5.73 Å². The molecule has 60 valence electrons. The summed E-state index contributed by atoms with van der Waals surface area (Å²) < 4.78 is 0. The maximum Gasteiger partial charge on any atom is 0.0901 e. The molecule has 0 spiro atoms. The van der Waals surface area contributed by atoms with Crippen LogP contribution in [0, 0.1) is 6.92 Å². The van der Waals surface area contributed by atoms with E-state index in [9.17, 15) is 0 Å². The molecule has 0 amide bonds. The zero-order valence-corrected chi connectivity index (χ0v) is 7.40. The molecule has 0 saturated heterocycles. The smallest absolute Gasteiger partial charge is 0.0901 e. The van der Waals surface area contributed by atoms with E-state index in [0.29, 0.717) is 6.54 Å². The number of rotatable bonds is 3. The highest BCUT2D eigenvalue weighted by Gasteiger charge is 1.90. The van der Waals surface area contributed by atoms with Crippen LogP contribution >= 0.6 is 11.3 Å². The van der Waals surface area contributed by atoms with Crippen molar-refractivity contribution in [1.29, 1.82) is 0 Å². The van der Waals surface area contributed by atoms with Crippen molar-refractivity contribution in [3.8, 4) is 0 Å². The van der Waals surface area contributed by atoms with Crippen LogP contribution in [0.25, 0.3) is 6.08 Å². The van der Waals surface area contributed by atoms with Crippen molar-refractivity contribution in [2.75, 3.05) is 6.54 Å². The second kappa shape index (κ2) is 4.26. The minimum absolute atomic E-state index is 0.708. The van der Waals surface area contributed by atoms with Gasteiger partial charge in [-0.25, -0.2) is 4.98 Å². The largest absolute Gasteiger partial charge is 0.330 e. The first-order chi connectivity index (χ1) is 5.33. The average molecular weight is 168 g/mol. The van der Waals surface area contributed by atoms with Gasteiger partial charge in [0.15, 0.2) is 0 Å². The minimum Gasteiger partial charge on any atom is -0.330 e. The first-order valence-electron chi connectivity index (χ1n) is 3.61. The summed E-state index contributed by atoms with van der Waals surface area (Å²) in [5, 5.41) is 3.15. The molecule has 2 nitrogen and oxygen atoms in total. The van der Waals surface area contributed by atoms with E-state index in [2.05, 4.69) is 11.1 Å². The molecule has 1 aromatic rings. The van der Waals surface area contributed by atoms with Crippen LogP contribution in [0.3, 0.4) is 0 Å². The Kier molecular flexibility index (Phi) is 3.26. The monoisotopic (exact) mass is 168 g/mol. The van der Waals surface area contributed by atoms with Gasteiger partial charge in [0.1, 0.15) is 0 Å². The van der Waals surface area contributed by atoms with E-state index >= 15 is 0 Å². The fourth-order valence-corrected chi connectivity index (χ4v) is 1.34. The third-order valence-electron chi connectivity index (χ3n) is 1.26. The van der Waals surface area contributed by atoms with Crippen LogP contribution in [0.2, 0.25) is 0 Å². The lowest BCUT2D eigenvalue weighted by molar-refractivity contribution is 1.01. The maximum absolute atomic E-state index is 5.33. The molecule has 0 aromatic carbocycles. The van der Waals surface area contributed by atoms with Gasteiger partial charge in [-0.2, -0.15) is 0 Å². The first-order valence-corrected chi connectivity index (χ1v) is 4.49. The zero-order valence-electron chi connectivity index (χ0n) is 6.58. The fraction of sp³-hybridized carbons (Fsp3) is 0.375. The van der Waals surface area contributed by atoms with Crippen LogP contribution < -0.4 is 5.73 Å². The number of hydrogen-bond acceptors (Lipinski definition) is 3. The third kappa shape index (κ3) is 2.82. The molecule has 0 atom stereocenters. The Balaban J connectivity index is 2.50. The molecule has 1 rings (SSSR count). The van der Waals surface area contributed by atoms with Gasteiger partial charge < -0.3 is 5.73 Å². The summed E-state index contributed by atoms with van der Waals surface area (Å²) in [5.41, 5.74) is 6.37. The number of nitrogens with two attached hydrogens (primary N) is 1. The van der Waals surface area contributed by atoms with E-state index in [1.54, 1.807) is 11.3 Å². The Hall–Kier alpha value is -0.670. The predicted molar refractivity (Wildman–Crippen MR) is 49.6 cm³/mol. The van der Waals surface area contributed by atoms with E-state index in [1.807, 2.05) is 18.4 Å². The molecule has 0 aliphatic rings. The third-order valence-corrected chi connectivity index (χ3v) is 2.05. The fourth-order valence-electron chi connectivity index (χ4n) is 0.757. The lowest BCUT2D eigenvalue weighted by Gasteiger charge is -1.83. The highest BCUT2D eigenvalue weighted by molar-refractivity contribution is 7.09. The summed E-state index contributed by atoms with van der Waals surface area (Å²) in [6.45, 7) is 2.71. The number of aromatic nitrogens is 1. The van der Waals surface area contributed by atoms with Gasteiger partial charge in [0.2, 0.25) is 0 Å². The van der Waals surface area contributed by atoms with Crippen molar-refractivity contribution in [3.05, 3.63) is 22.2 Å². The highest BCUT2D eigenvalue weighted by Crippen LogP contribution is 2.09. The number of aryl methyl sites for hydroxylation is 1. The van der Waals surface area contributed by atoms with Gasteiger partial charge in [-0.15, -0.1) is 11.3 Å². The van der Waals surface area contributed by atoms with E-state index < -0.39 is 0 Å². The second-order valence-corrected chi connectivity index (χ2v) is 3.33. The molecular formula is C8H12N2S. The molecule has 1 aromatic heterocycles. The molecule has 0 saturated carbocycles. The molecule has 0 radical (unpaired) electrons. The quantitative estimate of drug-likeness (QED) is 0.747. The topological polar surface area (TPSA) is 38.9 Å². The molecule has 1 heterocycles. The molecule has 3 heteroatoms. The van der Waals surface area contributed by atoms with Crippen LogP contribution in [0.5, 0.6) is 0 Å². The van der Waals surface area contributed by atoms with E-state index in [-0.39, 0.29) is 0 Å². The zero-order chi connectivity index (χ0) is 8.10. The van der Waals surface area contributed by atoms with Crippen LogP contribution in [0.1, 0.15) is 17.1 Å². The number of thiazole rings is 1. The van der Waals surface area contributed by atoms with Gasteiger partial charge in [-0.1, -0.05) is 6.08 Å². The van der Waals surface area contributed by atoms with E-state index in [0.717, 1.165) is 17.1 Å². The van der Waals surface area contributed by atoms with Crippen LogP contribution in [-0.2, 0) is 0 Å². The maximum atomic E-state index is 5.33. The van der Waals surface area contributed by atoms with Gasteiger partial charge in [0, 0.05) is 5.38 Å². The van der Waals surface area contributed by atoms with Crippen molar-refractivity contribution < 1.29 is 0 Å². The predicted octanol–water partition coefficient (Wildman–Crippen LogP) is 1.81.